The minimum atomic E-state index is 0.0448. The molecule has 2 rings (SSSR count). The highest BCUT2D eigenvalue weighted by molar-refractivity contribution is 5.98. The predicted molar refractivity (Wildman–Crippen MR) is 72.0 cm³/mol. The lowest BCUT2D eigenvalue weighted by atomic mass is 9.98. The van der Waals surface area contributed by atoms with E-state index in [1.54, 1.807) is 18.7 Å². The van der Waals surface area contributed by atoms with E-state index in [-0.39, 0.29) is 11.7 Å². The lowest BCUT2D eigenvalue weighted by molar-refractivity contribution is -0.116. The van der Waals surface area contributed by atoms with E-state index in [0.717, 1.165) is 37.9 Å². The number of benzene rings is 1. The van der Waals surface area contributed by atoms with Crippen molar-refractivity contribution >= 4 is 17.4 Å². The number of rotatable bonds is 1. The molecule has 0 atom stereocenters. The summed E-state index contributed by atoms with van der Waals surface area (Å²) in [6, 6.07) is 5.72. The third-order valence-electron chi connectivity index (χ3n) is 3.49. The number of Topliss-reactive ketones (excluding diaryl/α,β-unsaturated/α-hetero) is 1. The van der Waals surface area contributed by atoms with Crippen LogP contribution in [0.2, 0.25) is 0 Å². The fraction of sp³-hybridized carbons (Fsp3) is 0.467. The van der Waals surface area contributed by atoms with Crippen LogP contribution in [0.1, 0.15) is 49.0 Å². The summed E-state index contributed by atoms with van der Waals surface area (Å²) in [7, 11) is 0. The van der Waals surface area contributed by atoms with Crippen LogP contribution in [0.5, 0.6) is 0 Å². The van der Waals surface area contributed by atoms with Gasteiger partial charge in [0, 0.05) is 24.7 Å². The molecule has 0 aromatic heterocycles. The van der Waals surface area contributed by atoms with Crippen LogP contribution in [0.3, 0.4) is 0 Å². The van der Waals surface area contributed by atoms with Gasteiger partial charge in [0.1, 0.15) is 0 Å². The molecule has 1 aliphatic rings. The topological polar surface area (TPSA) is 37.4 Å². The first-order valence-corrected chi connectivity index (χ1v) is 6.51. The number of nitrogens with zero attached hydrogens (tertiary/aromatic N) is 1. The monoisotopic (exact) mass is 245 g/mol. The largest absolute Gasteiger partial charge is 0.312 e. The quantitative estimate of drug-likeness (QED) is 0.713. The summed E-state index contributed by atoms with van der Waals surface area (Å²) in [6.45, 7) is 3.90. The molecule has 96 valence electrons. The van der Waals surface area contributed by atoms with Crippen molar-refractivity contribution in [1.82, 2.24) is 0 Å². The van der Waals surface area contributed by atoms with Gasteiger partial charge in [0.05, 0.1) is 0 Å². The van der Waals surface area contributed by atoms with Gasteiger partial charge in [0.25, 0.3) is 0 Å². The smallest absolute Gasteiger partial charge is 0.223 e. The van der Waals surface area contributed by atoms with Crippen molar-refractivity contribution in [1.29, 1.82) is 0 Å². The Morgan fingerprint density at radius 3 is 2.56 bits per heavy atom. The van der Waals surface area contributed by atoms with Crippen LogP contribution < -0.4 is 4.90 Å². The Morgan fingerprint density at radius 2 is 1.89 bits per heavy atom. The van der Waals surface area contributed by atoms with Crippen molar-refractivity contribution in [3.8, 4) is 0 Å². The van der Waals surface area contributed by atoms with Crippen molar-refractivity contribution in [3.63, 3.8) is 0 Å². The molecular formula is C15H19NO2. The lowest BCUT2D eigenvalue weighted by Gasteiger charge is -2.26. The van der Waals surface area contributed by atoms with Gasteiger partial charge >= 0.3 is 0 Å². The van der Waals surface area contributed by atoms with Crippen LogP contribution in [0.4, 0.5) is 5.69 Å². The summed E-state index contributed by atoms with van der Waals surface area (Å²) < 4.78 is 0. The van der Waals surface area contributed by atoms with Crippen LogP contribution >= 0.6 is 0 Å². The molecule has 0 spiro atoms. The molecule has 0 fully saturated rings. The van der Waals surface area contributed by atoms with Gasteiger partial charge in [-0.2, -0.15) is 0 Å². The van der Waals surface area contributed by atoms with Crippen LogP contribution in [0.25, 0.3) is 0 Å². The Hall–Kier alpha value is -1.64. The number of hydrogen-bond acceptors (Lipinski definition) is 2. The zero-order chi connectivity index (χ0) is 13.1. The van der Waals surface area contributed by atoms with Gasteiger partial charge < -0.3 is 4.90 Å². The Morgan fingerprint density at radius 1 is 1.11 bits per heavy atom. The first-order chi connectivity index (χ1) is 8.59. The average molecular weight is 245 g/mol. The Bertz CT molecular complexity index is 479. The molecule has 1 aromatic carbocycles. The number of anilines is 1. The van der Waals surface area contributed by atoms with E-state index in [2.05, 4.69) is 0 Å². The van der Waals surface area contributed by atoms with Crippen molar-refractivity contribution in [2.24, 2.45) is 0 Å². The van der Waals surface area contributed by atoms with Crippen LogP contribution in [0, 0.1) is 0 Å². The molecule has 0 bridgehead atoms. The first-order valence-electron chi connectivity index (χ1n) is 6.51. The maximum atomic E-state index is 11.7. The molecule has 3 heteroatoms. The van der Waals surface area contributed by atoms with Crippen molar-refractivity contribution < 1.29 is 9.59 Å². The zero-order valence-corrected chi connectivity index (χ0v) is 11.0. The second-order valence-electron chi connectivity index (χ2n) is 4.88. The lowest BCUT2D eigenvalue weighted by Crippen LogP contribution is -2.31. The number of carbonyl (C=O) groups is 2. The SMILES string of the molecule is CC(=O)c1ccc2c(c1)N(C(C)=O)CCCCC2. The number of aryl methyl sites for hydroxylation is 1. The summed E-state index contributed by atoms with van der Waals surface area (Å²) in [5, 5.41) is 0. The van der Waals surface area contributed by atoms with Gasteiger partial charge in [0.15, 0.2) is 5.78 Å². The highest BCUT2D eigenvalue weighted by Gasteiger charge is 2.18. The highest BCUT2D eigenvalue weighted by atomic mass is 16.2. The third-order valence-corrected chi connectivity index (χ3v) is 3.49. The average Bonchev–Trinajstić information content (AvgIpc) is 2.29. The first kappa shape index (κ1) is 12.8. The molecule has 3 nitrogen and oxygen atoms in total. The fourth-order valence-corrected chi connectivity index (χ4v) is 2.46. The Balaban J connectivity index is 2.48. The summed E-state index contributed by atoms with van der Waals surface area (Å²) in [5.41, 5.74) is 2.78. The molecule has 1 aromatic rings. The highest BCUT2D eigenvalue weighted by Crippen LogP contribution is 2.27. The molecule has 0 saturated carbocycles. The molecule has 0 aliphatic carbocycles. The number of carbonyl (C=O) groups excluding carboxylic acids is 2. The predicted octanol–water partition coefficient (Wildman–Crippen LogP) is 2.97. The summed E-state index contributed by atoms with van der Waals surface area (Å²) in [6.07, 6.45) is 4.32. The molecule has 1 amide bonds. The van der Waals surface area contributed by atoms with Gasteiger partial charge in [-0.15, -0.1) is 0 Å². The molecule has 0 N–H and O–H groups in total. The molecular weight excluding hydrogens is 226 g/mol. The number of amides is 1. The van der Waals surface area contributed by atoms with E-state index in [0.29, 0.717) is 5.56 Å². The fourth-order valence-electron chi connectivity index (χ4n) is 2.46. The minimum absolute atomic E-state index is 0.0448. The van der Waals surface area contributed by atoms with Crippen LogP contribution in [0.15, 0.2) is 18.2 Å². The zero-order valence-electron chi connectivity index (χ0n) is 11.0. The molecule has 1 aliphatic heterocycles. The summed E-state index contributed by atoms with van der Waals surface area (Å²) in [5.74, 6) is 0.0993. The number of hydrogen-bond donors (Lipinski definition) is 0. The standard InChI is InChI=1S/C15H19NO2/c1-11(17)14-8-7-13-6-4-3-5-9-16(12(2)18)15(13)10-14/h7-8,10H,3-6,9H2,1-2H3. The van der Waals surface area contributed by atoms with Crippen LogP contribution in [-0.4, -0.2) is 18.2 Å². The van der Waals surface area contributed by atoms with Gasteiger partial charge in [-0.05, 0) is 37.8 Å². The maximum absolute atomic E-state index is 11.7. The molecule has 18 heavy (non-hydrogen) atoms. The Labute approximate surface area is 108 Å². The Kier molecular flexibility index (Phi) is 3.80. The van der Waals surface area contributed by atoms with Gasteiger partial charge in [-0.25, -0.2) is 0 Å². The van der Waals surface area contributed by atoms with E-state index < -0.39 is 0 Å². The molecule has 0 radical (unpaired) electrons. The minimum Gasteiger partial charge on any atom is -0.312 e. The number of ketones is 1. The van der Waals surface area contributed by atoms with Gasteiger partial charge in [-0.3, -0.25) is 9.59 Å². The second kappa shape index (κ2) is 5.34. The molecule has 0 unspecified atom stereocenters. The van der Waals surface area contributed by atoms with E-state index in [1.807, 2.05) is 18.2 Å². The second-order valence-corrected chi connectivity index (χ2v) is 4.88. The van der Waals surface area contributed by atoms with Crippen LogP contribution in [-0.2, 0) is 11.2 Å². The van der Waals surface area contributed by atoms with Gasteiger partial charge in [-0.1, -0.05) is 18.6 Å². The maximum Gasteiger partial charge on any atom is 0.223 e. The normalized spacial score (nSPS) is 15.6. The van der Waals surface area contributed by atoms with E-state index >= 15 is 0 Å². The number of fused-ring (bicyclic) bond motifs is 1. The van der Waals surface area contributed by atoms with Gasteiger partial charge in [0.2, 0.25) is 5.91 Å². The van der Waals surface area contributed by atoms with E-state index in [1.165, 1.54) is 5.56 Å². The van der Waals surface area contributed by atoms with Crippen molar-refractivity contribution in [3.05, 3.63) is 29.3 Å². The van der Waals surface area contributed by atoms with Crippen molar-refractivity contribution in [2.75, 3.05) is 11.4 Å². The summed E-state index contributed by atoms with van der Waals surface area (Å²) >= 11 is 0. The van der Waals surface area contributed by atoms with E-state index in [9.17, 15) is 9.59 Å². The third kappa shape index (κ3) is 2.61. The van der Waals surface area contributed by atoms with E-state index in [4.69, 9.17) is 0 Å². The molecule has 1 heterocycles. The summed E-state index contributed by atoms with van der Waals surface area (Å²) in [4.78, 5) is 25.0. The van der Waals surface area contributed by atoms with Crippen molar-refractivity contribution in [2.45, 2.75) is 39.5 Å². The molecule has 0 saturated heterocycles.